The molecule has 0 saturated carbocycles. The van der Waals surface area contributed by atoms with E-state index in [4.69, 9.17) is 5.73 Å². The molecule has 0 aliphatic heterocycles. The van der Waals surface area contributed by atoms with Crippen molar-refractivity contribution >= 4 is 15.9 Å². The lowest BCUT2D eigenvalue weighted by Crippen LogP contribution is -2.15. The number of aromatic amines is 1. The second-order valence-electron chi connectivity index (χ2n) is 4.39. The fraction of sp³-hybridized carbons (Fsp3) is 0.308. The first-order valence-corrected chi connectivity index (χ1v) is 6.60. The Labute approximate surface area is 114 Å². The zero-order valence-electron chi connectivity index (χ0n) is 10.1. The highest BCUT2D eigenvalue weighted by Gasteiger charge is 2.06. The molecule has 1 unspecified atom stereocenters. The van der Waals surface area contributed by atoms with Crippen LogP contribution in [0.15, 0.2) is 28.9 Å². The summed E-state index contributed by atoms with van der Waals surface area (Å²) in [6.45, 7) is 1.97. The van der Waals surface area contributed by atoms with E-state index in [2.05, 4.69) is 25.9 Å². The van der Waals surface area contributed by atoms with Gasteiger partial charge in [0.05, 0.1) is 16.4 Å². The fourth-order valence-electron chi connectivity index (χ4n) is 1.66. The van der Waals surface area contributed by atoms with Crippen molar-refractivity contribution in [2.24, 2.45) is 5.73 Å². The van der Waals surface area contributed by atoms with Gasteiger partial charge in [-0.2, -0.15) is 0 Å². The second kappa shape index (κ2) is 5.63. The molecule has 0 amide bonds. The molecule has 2 aromatic rings. The first kappa shape index (κ1) is 13.2. The first-order valence-electron chi connectivity index (χ1n) is 5.81. The maximum Gasteiger partial charge on any atom is 0.137 e. The standard InChI is InChI=1S/C13H15BrFN3/c1-8(16)2-5-13-17-7-12(18-13)9-3-4-11(15)10(14)6-9/h3-4,6-8H,2,5,16H2,1H3,(H,17,18). The highest BCUT2D eigenvalue weighted by Crippen LogP contribution is 2.24. The van der Waals surface area contributed by atoms with Crippen LogP contribution in [-0.2, 0) is 6.42 Å². The first-order chi connectivity index (χ1) is 8.56. The smallest absolute Gasteiger partial charge is 0.137 e. The van der Waals surface area contributed by atoms with Gasteiger partial charge < -0.3 is 10.7 Å². The van der Waals surface area contributed by atoms with Crippen LogP contribution in [-0.4, -0.2) is 16.0 Å². The fourth-order valence-corrected chi connectivity index (χ4v) is 2.04. The maximum atomic E-state index is 13.1. The normalized spacial score (nSPS) is 12.7. The van der Waals surface area contributed by atoms with Crippen molar-refractivity contribution in [2.75, 3.05) is 0 Å². The topological polar surface area (TPSA) is 54.7 Å². The molecule has 5 heteroatoms. The third-order valence-electron chi connectivity index (χ3n) is 2.70. The van der Waals surface area contributed by atoms with E-state index in [1.165, 1.54) is 6.07 Å². The van der Waals surface area contributed by atoms with Gasteiger partial charge in [-0.3, -0.25) is 0 Å². The Morgan fingerprint density at radius 1 is 1.50 bits per heavy atom. The lowest BCUT2D eigenvalue weighted by atomic mass is 10.2. The molecule has 0 spiro atoms. The Morgan fingerprint density at radius 2 is 2.28 bits per heavy atom. The molecule has 1 aromatic carbocycles. The molecule has 96 valence electrons. The van der Waals surface area contributed by atoms with Crippen molar-refractivity contribution in [1.29, 1.82) is 0 Å². The van der Waals surface area contributed by atoms with Gasteiger partial charge in [0.15, 0.2) is 0 Å². The number of benzene rings is 1. The molecule has 0 aliphatic rings. The van der Waals surface area contributed by atoms with Crippen LogP contribution in [0.5, 0.6) is 0 Å². The molecule has 2 rings (SSSR count). The van der Waals surface area contributed by atoms with Crippen LogP contribution in [0.1, 0.15) is 19.2 Å². The number of imidazole rings is 1. The van der Waals surface area contributed by atoms with Crippen molar-refractivity contribution in [3.63, 3.8) is 0 Å². The van der Waals surface area contributed by atoms with Crippen LogP contribution >= 0.6 is 15.9 Å². The van der Waals surface area contributed by atoms with E-state index in [1.54, 1.807) is 18.3 Å². The van der Waals surface area contributed by atoms with Gasteiger partial charge in [-0.15, -0.1) is 0 Å². The second-order valence-corrected chi connectivity index (χ2v) is 5.24. The molecule has 0 radical (unpaired) electrons. The molecule has 1 aromatic heterocycles. The van der Waals surface area contributed by atoms with Crippen molar-refractivity contribution in [2.45, 2.75) is 25.8 Å². The molecule has 0 fully saturated rings. The summed E-state index contributed by atoms with van der Waals surface area (Å²) in [5.41, 5.74) is 7.50. The minimum Gasteiger partial charge on any atom is -0.342 e. The van der Waals surface area contributed by atoms with E-state index in [1.807, 2.05) is 6.92 Å². The van der Waals surface area contributed by atoms with Crippen LogP contribution in [0.2, 0.25) is 0 Å². The lowest BCUT2D eigenvalue weighted by molar-refractivity contribution is 0.621. The number of halogens is 2. The van der Waals surface area contributed by atoms with Crippen LogP contribution in [0.3, 0.4) is 0 Å². The van der Waals surface area contributed by atoms with Gasteiger partial charge in [0, 0.05) is 18.0 Å². The molecular weight excluding hydrogens is 297 g/mol. The molecule has 18 heavy (non-hydrogen) atoms. The largest absolute Gasteiger partial charge is 0.342 e. The van der Waals surface area contributed by atoms with E-state index in [0.717, 1.165) is 29.9 Å². The van der Waals surface area contributed by atoms with Crippen molar-refractivity contribution < 1.29 is 4.39 Å². The van der Waals surface area contributed by atoms with Crippen molar-refractivity contribution in [3.8, 4) is 11.3 Å². The van der Waals surface area contributed by atoms with E-state index >= 15 is 0 Å². The summed E-state index contributed by atoms with van der Waals surface area (Å²) < 4.78 is 13.6. The Morgan fingerprint density at radius 3 is 2.94 bits per heavy atom. The number of aryl methyl sites for hydroxylation is 1. The average Bonchev–Trinajstić information content (AvgIpc) is 2.79. The van der Waals surface area contributed by atoms with E-state index < -0.39 is 0 Å². The number of hydrogen-bond donors (Lipinski definition) is 2. The number of rotatable bonds is 4. The molecule has 3 nitrogen and oxygen atoms in total. The molecule has 3 N–H and O–H groups in total. The zero-order chi connectivity index (χ0) is 13.1. The Bertz CT molecular complexity index is 537. The van der Waals surface area contributed by atoms with Crippen LogP contribution in [0.4, 0.5) is 4.39 Å². The van der Waals surface area contributed by atoms with Gasteiger partial charge in [0.2, 0.25) is 0 Å². The third-order valence-corrected chi connectivity index (χ3v) is 3.30. The highest BCUT2D eigenvalue weighted by molar-refractivity contribution is 9.10. The summed E-state index contributed by atoms with van der Waals surface area (Å²) >= 11 is 3.17. The monoisotopic (exact) mass is 311 g/mol. The van der Waals surface area contributed by atoms with Gasteiger partial charge in [0.1, 0.15) is 11.6 Å². The van der Waals surface area contributed by atoms with Gasteiger partial charge >= 0.3 is 0 Å². The summed E-state index contributed by atoms with van der Waals surface area (Å²) in [5.74, 6) is 0.637. The predicted octanol–water partition coefficient (Wildman–Crippen LogP) is 3.26. The molecular formula is C13H15BrFN3. The highest BCUT2D eigenvalue weighted by atomic mass is 79.9. The summed E-state index contributed by atoms with van der Waals surface area (Å²) in [5, 5.41) is 0. The summed E-state index contributed by atoms with van der Waals surface area (Å²) in [7, 11) is 0. The van der Waals surface area contributed by atoms with Crippen LogP contribution in [0.25, 0.3) is 11.3 Å². The third kappa shape index (κ3) is 3.17. The van der Waals surface area contributed by atoms with E-state index in [-0.39, 0.29) is 11.9 Å². The lowest BCUT2D eigenvalue weighted by Gasteiger charge is -2.02. The molecule has 1 atom stereocenters. The number of hydrogen-bond acceptors (Lipinski definition) is 2. The summed E-state index contributed by atoms with van der Waals surface area (Å²) in [4.78, 5) is 7.52. The number of nitrogens with zero attached hydrogens (tertiary/aromatic N) is 1. The maximum absolute atomic E-state index is 13.1. The van der Waals surface area contributed by atoms with E-state index in [0.29, 0.717) is 4.47 Å². The van der Waals surface area contributed by atoms with Crippen molar-refractivity contribution in [3.05, 3.63) is 40.5 Å². The van der Waals surface area contributed by atoms with Gasteiger partial charge in [-0.1, -0.05) is 0 Å². The van der Waals surface area contributed by atoms with Crippen LogP contribution in [0, 0.1) is 5.82 Å². The van der Waals surface area contributed by atoms with Crippen molar-refractivity contribution in [1.82, 2.24) is 9.97 Å². The Balaban J connectivity index is 2.16. The summed E-state index contributed by atoms with van der Waals surface area (Å²) in [6.07, 6.45) is 3.47. The van der Waals surface area contributed by atoms with E-state index in [9.17, 15) is 4.39 Å². The number of nitrogens with one attached hydrogen (secondary N) is 1. The summed E-state index contributed by atoms with van der Waals surface area (Å²) in [6, 6.07) is 5.06. The molecule has 0 aliphatic carbocycles. The number of nitrogens with two attached hydrogens (primary N) is 1. The average molecular weight is 312 g/mol. The van der Waals surface area contributed by atoms with Gasteiger partial charge in [-0.25, -0.2) is 9.37 Å². The zero-order valence-corrected chi connectivity index (χ0v) is 11.7. The molecule has 1 heterocycles. The molecule has 0 bridgehead atoms. The van der Waals surface area contributed by atoms with Crippen LogP contribution < -0.4 is 5.73 Å². The quantitative estimate of drug-likeness (QED) is 0.910. The molecule has 0 saturated heterocycles. The van der Waals surface area contributed by atoms with Gasteiger partial charge in [-0.05, 0) is 47.5 Å². The Hall–Kier alpha value is -1.20. The minimum absolute atomic E-state index is 0.165. The van der Waals surface area contributed by atoms with Gasteiger partial charge in [0.25, 0.3) is 0 Å². The predicted molar refractivity (Wildman–Crippen MR) is 73.7 cm³/mol. The SMILES string of the molecule is CC(N)CCc1ncc(-c2ccc(F)c(Br)c2)[nH]1. The Kier molecular flexibility index (Phi) is 4.14. The minimum atomic E-state index is -0.268. The number of H-pyrrole nitrogens is 1. The number of aromatic nitrogens is 2.